The topological polar surface area (TPSA) is 61.4 Å². The van der Waals surface area contributed by atoms with Crippen LogP contribution < -0.4 is 10.2 Å². The molecule has 4 atom stereocenters. The normalized spacial score (nSPS) is 24.7. The van der Waals surface area contributed by atoms with Crippen LogP contribution >= 0.6 is 36.4 Å². The summed E-state index contributed by atoms with van der Waals surface area (Å²) in [5.41, 5.74) is 2.49. The number of halogens is 4. The summed E-state index contributed by atoms with van der Waals surface area (Å²) in [6.45, 7) is 5.61. The molecule has 0 unspecified atom stereocenters. The molecule has 0 radical (unpaired) electrons. The Bertz CT molecular complexity index is 981. The van der Waals surface area contributed by atoms with Gasteiger partial charge in [0.2, 0.25) is 5.91 Å². The number of alkyl halides is 1. The number of amides is 1. The SMILES string of the molecule is C[C@@H]1C[C@H](F)c2ncnc(N3CCN(C(=O)[C@@H](c4ccc(Cl)cc4)[C@@H]4CCCN4)CC3)c21.Cl.Cl. The van der Waals surface area contributed by atoms with E-state index in [1.807, 2.05) is 36.1 Å². The number of carbonyl (C=O) groups excluding carboxylic acids is 1. The van der Waals surface area contributed by atoms with Crippen LogP contribution in [0, 0.1) is 0 Å². The number of aromatic nitrogens is 2. The number of nitrogens with one attached hydrogen (secondary N) is 1. The van der Waals surface area contributed by atoms with E-state index < -0.39 is 6.17 Å². The Kier molecular flexibility index (Phi) is 9.01. The van der Waals surface area contributed by atoms with Crippen molar-refractivity contribution in [1.29, 1.82) is 0 Å². The van der Waals surface area contributed by atoms with Gasteiger partial charge in [-0.05, 0) is 49.4 Å². The predicted octanol–water partition coefficient (Wildman–Crippen LogP) is 4.68. The molecule has 0 bridgehead atoms. The van der Waals surface area contributed by atoms with Gasteiger partial charge >= 0.3 is 0 Å². The molecule has 1 aromatic carbocycles. The molecular formula is C24H31Cl3FN5O. The van der Waals surface area contributed by atoms with E-state index in [0.29, 0.717) is 43.3 Å². The maximum Gasteiger partial charge on any atom is 0.231 e. The second-order valence-electron chi connectivity index (χ2n) is 9.14. The fraction of sp³-hybridized carbons (Fsp3) is 0.542. The molecule has 34 heavy (non-hydrogen) atoms. The van der Waals surface area contributed by atoms with Gasteiger partial charge in [0.05, 0.1) is 11.6 Å². The summed E-state index contributed by atoms with van der Waals surface area (Å²) >= 11 is 6.09. The third-order valence-corrected chi connectivity index (χ3v) is 7.38. The van der Waals surface area contributed by atoms with Gasteiger partial charge in [-0.1, -0.05) is 30.7 Å². The number of carbonyl (C=O) groups is 1. The van der Waals surface area contributed by atoms with Gasteiger partial charge in [0.1, 0.15) is 18.3 Å². The summed E-state index contributed by atoms with van der Waals surface area (Å²) < 4.78 is 14.3. The molecule has 3 aliphatic rings. The Morgan fingerprint density at radius 1 is 1.15 bits per heavy atom. The van der Waals surface area contributed by atoms with Crippen molar-refractivity contribution in [3.63, 3.8) is 0 Å². The number of rotatable bonds is 4. The van der Waals surface area contributed by atoms with Gasteiger partial charge in [0, 0.05) is 42.8 Å². The minimum absolute atomic E-state index is 0. The highest BCUT2D eigenvalue weighted by Gasteiger charge is 2.38. The molecule has 2 aromatic rings. The van der Waals surface area contributed by atoms with Crippen molar-refractivity contribution in [2.24, 2.45) is 0 Å². The van der Waals surface area contributed by atoms with E-state index in [1.54, 1.807) is 0 Å². The van der Waals surface area contributed by atoms with Gasteiger partial charge in [-0.15, -0.1) is 24.8 Å². The summed E-state index contributed by atoms with van der Waals surface area (Å²) in [6.07, 6.45) is 3.01. The fourth-order valence-electron chi connectivity index (χ4n) is 5.46. The lowest BCUT2D eigenvalue weighted by Crippen LogP contribution is -2.52. The lowest BCUT2D eigenvalue weighted by atomic mass is 9.89. The average Bonchev–Trinajstić information content (AvgIpc) is 3.44. The predicted molar refractivity (Wildman–Crippen MR) is 137 cm³/mol. The molecule has 2 saturated heterocycles. The van der Waals surface area contributed by atoms with Gasteiger partial charge in [0.15, 0.2) is 0 Å². The zero-order chi connectivity index (χ0) is 22.2. The van der Waals surface area contributed by atoms with Gasteiger partial charge in [-0.3, -0.25) is 4.79 Å². The number of piperazine rings is 1. The van der Waals surface area contributed by atoms with E-state index in [9.17, 15) is 9.18 Å². The monoisotopic (exact) mass is 529 g/mol. The molecule has 186 valence electrons. The van der Waals surface area contributed by atoms with Crippen molar-refractivity contribution in [3.05, 3.63) is 52.4 Å². The Morgan fingerprint density at radius 2 is 1.85 bits per heavy atom. The number of benzene rings is 1. The van der Waals surface area contributed by atoms with Crippen molar-refractivity contribution in [3.8, 4) is 0 Å². The molecule has 1 N–H and O–H groups in total. The minimum atomic E-state index is -1.01. The first-order chi connectivity index (χ1) is 15.5. The van der Waals surface area contributed by atoms with Crippen molar-refractivity contribution >= 4 is 48.1 Å². The summed E-state index contributed by atoms with van der Waals surface area (Å²) in [4.78, 5) is 26.5. The smallest absolute Gasteiger partial charge is 0.231 e. The quantitative estimate of drug-likeness (QED) is 0.622. The van der Waals surface area contributed by atoms with Crippen molar-refractivity contribution in [2.75, 3.05) is 37.6 Å². The maximum atomic E-state index is 14.3. The van der Waals surface area contributed by atoms with Gasteiger partial charge in [0.25, 0.3) is 0 Å². The molecule has 3 heterocycles. The zero-order valence-corrected chi connectivity index (χ0v) is 21.5. The average molecular weight is 531 g/mol. The third-order valence-electron chi connectivity index (χ3n) is 7.13. The Balaban J connectivity index is 0.00000162. The summed E-state index contributed by atoms with van der Waals surface area (Å²) in [6, 6.07) is 7.81. The summed E-state index contributed by atoms with van der Waals surface area (Å²) in [5, 5.41) is 4.19. The number of hydrogen-bond donors (Lipinski definition) is 1. The van der Waals surface area contributed by atoms with Gasteiger partial charge < -0.3 is 15.1 Å². The highest BCUT2D eigenvalue weighted by Crippen LogP contribution is 2.44. The van der Waals surface area contributed by atoms with Crippen LogP contribution in [-0.2, 0) is 4.79 Å². The molecule has 2 aliphatic heterocycles. The zero-order valence-electron chi connectivity index (χ0n) is 19.1. The highest BCUT2D eigenvalue weighted by molar-refractivity contribution is 6.30. The van der Waals surface area contributed by atoms with Crippen LogP contribution in [0.5, 0.6) is 0 Å². The van der Waals surface area contributed by atoms with Crippen LogP contribution in [-0.4, -0.2) is 59.5 Å². The number of anilines is 1. The van der Waals surface area contributed by atoms with Crippen LogP contribution in [0.1, 0.15) is 61.0 Å². The molecule has 1 amide bonds. The van der Waals surface area contributed by atoms with Crippen LogP contribution in [0.3, 0.4) is 0 Å². The molecule has 1 aliphatic carbocycles. The van der Waals surface area contributed by atoms with Gasteiger partial charge in [-0.25, -0.2) is 14.4 Å². The molecule has 0 spiro atoms. The highest BCUT2D eigenvalue weighted by atomic mass is 35.5. The van der Waals surface area contributed by atoms with E-state index in [2.05, 4.69) is 20.2 Å². The first-order valence-corrected chi connectivity index (χ1v) is 11.9. The van der Waals surface area contributed by atoms with Crippen LogP contribution in [0.15, 0.2) is 30.6 Å². The van der Waals surface area contributed by atoms with Crippen LogP contribution in [0.25, 0.3) is 0 Å². The molecule has 1 aromatic heterocycles. The second kappa shape index (κ2) is 11.4. The Labute approximate surface area is 217 Å². The maximum absolute atomic E-state index is 14.3. The molecular weight excluding hydrogens is 500 g/mol. The minimum Gasteiger partial charge on any atom is -0.353 e. The van der Waals surface area contributed by atoms with E-state index in [0.717, 1.165) is 36.3 Å². The molecule has 5 rings (SSSR count). The Hall–Kier alpha value is -1.67. The van der Waals surface area contributed by atoms with Gasteiger partial charge in [-0.2, -0.15) is 0 Å². The largest absolute Gasteiger partial charge is 0.353 e. The summed E-state index contributed by atoms with van der Waals surface area (Å²) in [7, 11) is 0. The standard InChI is InChI=1S/C24H29ClFN5O.2ClH/c1-15-13-18(26)22-20(15)23(29-14-28-22)30-9-11-31(12-10-30)24(32)21(19-3-2-8-27-19)16-4-6-17(25)7-5-16;;/h4-7,14-15,18-19,21,27H,2-3,8-13H2,1H3;2*1H/t15-,18+,19+,21+;;/m1../s1. The van der Waals surface area contributed by atoms with E-state index in [4.69, 9.17) is 11.6 Å². The van der Waals surface area contributed by atoms with Crippen LogP contribution in [0.4, 0.5) is 10.2 Å². The van der Waals surface area contributed by atoms with E-state index in [-0.39, 0.29) is 48.6 Å². The van der Waals surface area contributed by atoms with E-state index >= 15 is 0 Å². The number of nitrogens with zero attached hydrogens (tertiary/aromatic N) is 4. The molecule has 6 nitrogen and oxygen atoms in total. The lowest BCUT2D eigenvalue weighted by molar-refractivity contribution is -0.133. The number of fused-ring (bicyclic) bond motifs is 1. The molecule has 10 heteroatoms. The lowest BCUT2D eigenvalue weighted by Gasteiger charge is -2.38. The molecule has 2 fully saturated rings. The number of hydrogen-bond acceptors (Lipinski definition) is 5. The van der Waals surface area contributed by atoms with Crippen molar-refractivity contribution < 1.29 is 9.18 Å². The van der Waals surface area contributed by atoms with E-state index in [1.165, 1.54) is 6.33 Å². The van der Waals surface area contributed by atoms with Crippen molar-refractivity contribution in [1.82, 2.24) is 20.2 Å². The fourth-order valence-corrected chi connectivity index (χ4v) is 5.59. The first kappa shape index (κ1) is 26.9. The second-order valence-corrected chi connectivity index (χ2v) is 9.58. The third kappa shape index (κ3) is 5.13. The van der Waals surface area contributed by atoms with Crippen LogP contribution in [0.2, 0.25) is 5.02 Å². The first-order valence-electron chi connectivity index (χ1n) is 11.5. The molecule has 0 saturated carbocycles. The Morgan fingerprint density at radius 3 is 2.50 bits per heavy atom. The summed E-state index contributed by atoms with van der Waals surface area (Å²) in [5.74, 6) is 0.897. The van der Waals surface area contributed by atoms with Crippen molar-refractivity contribution in [2.45, 2.75) is 50.2 Å².